The Kier molecular flexibility index (Phi) is 6.48. The van der Waals surface area contributed by atoms with Crippen LogP contribution in [0.3, 0.4) is 0 Å². The van der Waals surface area contributed by atoms with Gasteiger partial charge in [0, 0.05) is 45.6 Å². The number of benzene rings is 2. The quantitative estimate of drug-likeness (QED) is 0.541. The van der Waals surface area contributed by atoms with E-state index in [9.17, 15) is 0 Å². The van der Waals surface area contributed by atoms with E-state index in [-0.39, 0.29) is 0 Å². The summed E-state index contributed by atoms with van der Waals surface area (Å²) in [5, 5.41) is 4.50. The monoisotopic (exact) mass is 470 g/mol. The molecule has 0 spiro atoms. The molecule has 2 nitrogen and oxygen atoms in total. The molecule has 4 heteroatoms. The summed E-state index contributed by atoms with van der Waals surface area (Å²) in [5.41, 5.74) is 7.92. The van der Waals surface area contributed by atoms with Crippen LogP contribution in [0.4, 0.5) is 0 Å². The molecule has 1 heterocycles. The molecule has 152 valence electrons. The third-order valence-electron chi connectivity index (χ3n) is 6.31. The van der Waals surface area contributed by atoms with Crippen LogP contribution in [0.15, 0.2) is 64.3 Å². The van der Waals surface area contributed by atoms with Crippen LogP contribution in [0.1, 0.15) is 43.4 Å². The summed E-state index contributed by atoms with van der Waals surface area (Å²) in [5.74, 6) is 0. The number of rotatable bonds is 4. The van der Waals surface area contributed by atoms with E-state index >= 15 is 0 Å². The Balaban J connectivity index is 1.50. The molecule has 4 rings (SSSR count). The average Bonchev–Trinajstić information content (AvgIpc) is 2.74. The van der Waals surface area contributed by atoms with E-state index in [2.05, 4.69) is 70.3 Å². The first kappa shape index (κ1) is 20.7. The lowest BCUT2D eigenvalue weighted by molar-refractivity contribution is 0.185. The number of aryl methyl sites for hydroxylation is 1. The maximum Gasteiger partial charge on any atom is 0.0499 e. The van der Waals surface area contributed by atoms with Gasteiger partial charge in [0.2, 0.25) is 0 Å². The van der Waals surface area contributed by atoms with E-state index in [1.54, 1.807) is 0 Å². The van der Waals surface area contributed by atoms with Crippen LogP contribution in [0.2, 0.25) is 5.02 Å². The van der Waals surface area contributed by atoms with Gasteiger partial charge in [-0.25, -0.2) is 0 Å². The zero-order valence-electron chi connectivity index (χ0n) is 17.1. The van der Waals surface area contributed by atoms with Crippen molar-refractivity contribution in [2.24, 2.45) is 0 Å². The highest BCUT2D eigenvalue weighted by Gasteiger charge is 2.28. The molecule has 0 aromatic heterocycles. The summed E-state index contributed by atoms with van der Waals surface area (Å²) in [7, 11) is 0. The number of nitrogens with one attached hydrogen (secondary N) is 1. The first-order valence-electron chi connectivity index (χ1n) is 10.4. The molecule has 2 aromatic carbocycles. The van der Waals surface area contributed by atoms with Gasteiger partial charge in [0.25, 0.3) is 0 Å². The molecule has 1 atom stereocenters. The first-order valence-corrected chi connectivity index (χ1v) is 11.6. The van der Waals surface area contributed by atoms with Crippen LogP contribution in [0.5, 0.6) is 0 Å². The van der Waals surface area contributed by atoms with Crippen LogP contribution in [-0.2, 0) is 12.8 Å². The van der Waals surface area contributed by atoms with Crippen LogP contribution < -0.4 is 5.32 Å². The largest absolute Gasteiger partial charge is 0.358 e. The number of hydrogen-bond acceptors (Lipinski definition) is 2. The fourth-order valence-electron chi connectivity index (χ4n) is 4.51. The lowest BCUT2D eigenvalue weighted by Gasteiger charge is -2.39. The highest BCUT2D eigenvalue weighted by Crippen LogP contribution is 2.32. The Morgan fingerprint density at radius 2 is 2.00 bits per heavy atom. The van der Waals surface area contributed by atoms with Crippen molar-refractivity contribution in [1.82, 2.24) is 10.2 Å². The highest BCUT2D eigenvalue weighted by molar-refractivity contribution is 9.10. The molecule has 2 aliphatic rings. The van der Waals surface area contributed by atoms with Crippen LogP contribution in [0.25, 0.3) is 5.70 Å². The van der Waals surface area contributed by atoms with E-state index in [4.69, 9.17) is 11.6 Å². The Morgan fingerprint density at radius 1 is 1.17 bits per heavy atom. The summed E-state index contributed by atoms with van der Waals surface area (Å²) in [6.45, 7) is 6.43. The topological polar surface area (TPSA) is 15.3 Å². The van der Waals surface area contributed by atoms with E-state index in [0.29, 0.717) is 6.04 Å². The number of halogens is 2. The van der Waals surface area contributed by atoms with Gasteiger partial charge in [-0.15, -0.1) is 0 Å². The smallest absolute Gasteiger partial charge is 0.0499 e. The van der Waals surface area contributed by atoms with Gasteiger partial charge in [-0.2, -0.15) is 0 Å². The second-order valence-corrected chi connectivity index (χ2v) is 9.32. The molecule has 1 unspecified atom stereocenters. The number of nitrogens with zero attached hydrogens (tertiary/aromatic N) is 1. The van der Waals surface area contributed by atoms with E-state index < -0.39 is 0 Å². The van der Waals surface area contributed by atoms with E-state index in [0.717, 1.165) is 42.2 Å². The molecule has 0 saturated carbocycles. The second kappa shape index (κ2) is 9.07. The number of fused-ring (bicyclic) bond motifs is 1. The van der Waals surface area contributed by atoms with E-state index in [1.165, 1.54) is 39.7 Å². The first-order chi connectivity index (χ1) is 14.1. The Labute approximate surface area is 187 Å². The molecule has 1 aliphatic carbocycles. The van der Waals surface area contributed by atoms with Crippen molar-refractivity contribution >= 4 is 33.2 Å². The molecule has 1 N–H and O–H groups in total. The maximum absolute atomic E-state index is 6.45. The third-order valence-corrected chi connectivity index (χ3v) is 7.38. The van der Waals surface area contributed by atoms with Crippen molar-refractivity contribution in [2.75, 3.05) is 13.1 Å². The van der Waals surface area contributed by atoms with Crippen LogP contribution in [0, 0.1) is 0 Å². The zero-order valence-corrected chi connectivity index (χ0v) is 19.5. The molecular weight excluding hydrogens is 444 g/mol. The molecule has 2 aromatic rings. The normalized spacial score (nSPS) is 20.6. The minimum Gasteiger partial charge on any atom is -0.358 e. The SMILES string of the molecule is C/C=C(\NC1=C(C)CCN(C2CCc3cccc(Br)c3C2)C1)c1ccccc1Cl. The van der Waals surface area contributed by atoms with Gasteiger partial charge < -0.3 is 5.32 Å². The third kappa shape index (κ3) is 4.47. The van der Waals surface area contributed by atoms with Crippen molar-refractivity contribution in [3.05, 3.63) is 86.0 Å². The number of hydrogen-bond donors (Lipinski definition) is 1. The van der Waals surface area contributed by atoms with Crippen LogP contribution >= 0.6 is 27.5 Å². The zero-order chi connectivity index (χ0) is 20.4. The van der Waals surface area contributed by atoms with Crippen LogP contribution in [-0.4, -0.2) is 24.0 Å². The minimum absolute atomic E-state index is 0.598. The summed E-state index contributed by atoms with van der Waals surface area (Å²) < 4.78 is 1.26. The van der Waals surface area contributed by atoms with Crippen molar-refractivity contribution in [3.63, 3.8) is 0 Å². The van der Waals surface area contributed by atoms with Gasteiger partial charge >= 0.3 is 0 Å². The van der Waals surface area contributed by atoms with Gasteiger partial charge in [-0.05, 0) is 62.8 Å². The standard InChI is InChI=1S/C25H28BrClN2/c1-3-24(20-8-4-5-10-23(20)27)28-25-16-29(14-13-17(25)2)19-12-11-18-7-6-9-22(26)21(18)15-19/h3-10,19,28H,11-16H2,1-2H3/b24-3-. The Hall–Kier alpha value is -1.55. The fourth-order valence-corrected chi connectivity index (χ4v) is 5.32. The highest BCUT2D eigenvalue weighted by atomic mass is 79.9. The second-order valence-electron chi connectivity index (χ2n) is 8.06. The summed E-state index contributed by atoms with van der Waals surface area (Å²) in [4.78, 5) is 2.66. The van der Waals surface area contributed by atoms with Gasteiger partial charge in [0.05, 0.1) is 0 Å². The summed E-state index contributed by atoms with van der Waals surface area (Å²) in [6, 6.07) is 15.3. The van der Waals surface area contributed by atoms with Crippen molar-refractivity contribution < 1.29 is 0 Å². The fraction of sp³-hybridized carbons (Fsp3) is 0.360. The molecular formula is C25H28BrClN2. The summed E-state index contributed by atoms with van der Waals surface area (Å²) >= 11 is 10.2. The number of allylic oxidation sites excluding steroid dienone is 1. The molecule has 0 amide bonds. The molecule has 29 heavy (non-hydrogen) atoms. The predicted molar refractivity (Wildman–Crippen MR) is 127 cm³/mol. The molecule has 0 fully saturated rings. The van der Waals surface area contributed by atoms with Crippen molar-refractivity contribution in [2.45, 2.75) is 45.6 Å². The molecule has 0 bridgehead atoms. The van der Waals surface area contributed by atoms with Gasteiger partial charge in [0.1, 0.15) is 0 Å². The Bertz CT molecular complexity index is 963. The lowest BCUT2D eigenvalue weighted by Crippen LogP contribution is -2.45. The molecule has 1 aliphatic heterocycles. The predicted octanol–water partition coefficient (Wildman–Crippen LogP) is 6.59. The van der Waals surface area contributed by atoms with Gasteiger partial charge in [-0.1, -0.05) is 69.5 Å². The molecule has 0 saturated heterocycles. The van der Waals surface area contributed by atoms with Gasteiger partial charge in [0.15, 0.2) is 0 Å². The minimum atomic E-state index is 0.598. The average molecular weight is 472 g/mol. The Morgan fingerprint density at radius 3 is 2.79 bits per heavy atom. The van der Waals surface area contributed by atoms with E-state index in [1.807, 2.05) is 18.2 Å². The lowest BCUT2D eigenvalue weighted by atomic mass is 9.86. The van der Waals surface area contributed by atoms with Crippen molar-refractivity contribution in [1.29, 1.82) is 0 Å². The molecule has 0 radical (unpaired) electrons. The van der Waals surface area contributed by atoms with Crippen molar-refractivity contribution in [3.8, 4) is 0 Å². The summed E-state index contributed by atoms with van der Waals surface area (Å²) in [6.07, 6.45) is 6.76. The van der Waals surface area contributed by atoms with Gasteiger partial charge in [-0.3, -0.25) is 4.90 Å². The maximum atomic E-state index is 6.45.